The lowest BCUT2D eigenvalue weighted by atomic mass is 9.92. The van der Waals surface area contributed by atoms with Gasteiger partial charge in [0.05, 0.1) is 0 Å². The van der Waals surface area contributed by atoms with E-state index in [0.717, 1.165) is 49.7 Å². The maximum atomic E-state index is 12.6. The van der Waals surface area contributed by atoms with Gasteiger partial charge in [-0.05, 0) is 37.1 Å². The number of pyridine rings is 2. The van der Waals surface area contributed by atoms with Crippen LogP contribution in [0.5, 0.6) is 0 Å². The molecule has 1 aliphatic heterocycles. The summed E-state index contributed by atoms with van der Waals surface area (Å²) in [5, 5.41) is 0. The van der Waals surface area contributed by atoms with Crippen molar-refractivity contribution < 1.29 is 4.79 Å². The first-order chi connectivity index (χ1) is 13.3. The smallest absolute Gasteiger partial charge is 0.253 e. The molecule has 0 unspecified atom stereocenters. The van der Waals surface area contributed by atoms with Gasteiger partial charge >= 0.3 is 0 Å². The molecule has 6 heteroatoms. The fourth-order valence-electron chi connectivity index (χ4n) is 3.66. The summed E-state index contributed by atoms with van der Waals surface area (Å²) in [6.45, 7) is 3.60. The Bertz CT molecular complexity index is 913. The molecule has 0 bridgehead atoms. The second kappa shape index (κ2) is 7.70. The summed E-state index contributed by atoms with van der Waals surface area (Å²) in [7, 11) is 0. The molecule has 1 fully saturated rings. The van der Waals surface area contributed by atoms with Crippen LogP contribution in [-0.4, -0.2) is 43.4 Å². The van der Waals surface area contributed by atoms with E-state index < -0.39 is 0 Å². The third-order valence-electron chi connectivity index (χ3n) is 5.16. The molecule has 1 saturated heterocycles. The van der Waals surface area contributed by atoms with Gasteiger partial charge < -0.3 is 4.90 Å². The van der Waals surface area contributed by atoms with Crippen LogP contribution in [-0.2, 0) is 6.42 Å². The second-order valence-electron chi connectivity index (χ2n) is 6.79. The zero-order valence-electron chi connectivity index (χ0n) is 15.5. The number of amides is 1. The summed E-state index contributed by atoms with van der Waals surface area (Å²) in [6, 6.07) is 9.72. The van der Waals surface area contributed by atoms with Crippen molar-refractivity contribution in [3.8, 4) is 5.82 Å². The number of imidazole rings is 1. The molecule has 1 aliphatic rings. The van der Waals surface area contributed by atoms with Gasteiger partial charge in [-0.1, -0.05) is 13.0 Å². The largest absolute Gasteiger partial charge is 0.339 e. The molecule has 3 aromatic rings. The highest BCUT2D eigenvalue weighted by molar-refractivity contribution is 5.94. The topological polar surface area (TPSA) is 63.9 Å². The number of likely N-dealkylation sites (tertiary alicyclic amines) is 1. The van der Waals surface area contributed by atoms with Crippen molar-refractivity contribution in [1.82, 2.24) is 24.4 Å². The Balaban J connectivity index is 1.46. The number of hydrogen-bond donors (Lipinski definition) is 0. The van der Waals surface area contributed by atoms with Crippen molar-refractivity contribution in [2.24, 2.45) is 0 Å². The maximum absolute atomic E-state index is 12.6. The highest BCUT2D eigenvalue weighted by Gasteiger charge is 2.25. The summed E-state index contributed by atoms with van der Waals surface area (Å²) in [6.07, 6.45) is 9.83. The summed E-state index contributed by atoms with van der Waals surface area (Å²) in [5.74, 6) is 2.39. The molecule has 1 amide bonds. The molecule has 0 spiro atoms. The Hall–Kier alpha value is -3.02. The second-order valence-corrected chi connectivity index (χ2v) is 6.79. The normalized spacial score (nSPS) is 15.1. The number of aromatic nitrogens is 4. The number of carbonyl (C=O) groups is 1. The fraction of sp³-hybridized carbons (Fsp3) is 0.333. The van der Waals surface area contributed by atoms with E-state index in [2.05, 4.69) is 29.0 Å². The predicted molar refractivity (Wildman–Crippen MR) is 103 cm³/mol. The summed E-state index contributed by atoms with van der Waals surface area (Å²) >= 11 is 0. The minimum atomic E-state index is 0.0866. The van der Waals surface area contributed by atoms with E-state index in [9.17, 15) is 4.79 Å². The van der Waals surface area contributed by atoms with Crippen LogP contribution in [0.4, 0.5) is 0 Å². The summed E-state index contributed by atoms with van der Waals surface area (Å²) in [5.41, 5.74) is 1.80. The van der Waals surface area contributed by atoms with E-state index in [-0.39, 0.29) is 5.91 Å². The zero-order valence-corrected chi connectivity index (χ0v) is 15.5. The van der Waals surface area contributed by atoms with Gasteiger partial charge in [0, 0.05) is 61.5 Å². The summed E-state index contributed by atoms with van der Waals surface area (Å²) < 4.78 is 2.05. The Labute approximate surface area is 158 Å². The molecule has 3 aromatic heterocycles. The van der Waals surface area contributed by atoms with Crippen LogP contribution >= 0.6 is 0 Å². The standard InChI is InChI=1S/C21H23N5O/c1-2-19-23-12-15-26(19)20-5-3-4-18(24-20)16-8-13-25(14-9-16)21(27)17-6-10-22-11-7-17/h3-7,10-12,15-16H,2,8-9,13-14H2,1H3. The van der Waals surface area contributed by atoms with E-state index in [1.165, 1.54) is 0 Å². The zero-order chi connectivity index (χ0) is 18.6. The lowest BCUT2D eigenvalue weighted by molar-refractivity contribution is 0.0712. The van der Waals surface area contributed by atoms with Crippen molar-refractivity contribution in [3.63, 3.8) is 0 Å². The molecular formula is C21H23N5O. The van der Waals surface area contributed by atoms with Crippen LogP contribution < -0.4 is 0 Å². The molecule has 27 heavy (non-hydrogen) atoms. The van der Waals surface area contributed by atoms with Gasteiger partial charge in [0.15, 0.2) is 0 Å². The SMILES string of the molecule is CCc1nccn1-c1cccc(C2CCN(C(=O)c3ccncc3)CC2)n1. The van der Waals surface area contributed by atoms with E-state index in [1.54, 1.807) is 24.5 Å². The number of aryl methyl sites for hydroxylation is 1. The first-order valence-electron chi connectivity index (χ1n) is 9.45. The molecule has 6 nitrogen and oxygen atoms in total. The highest BCUT2D eigenvalue weighted by atomic mass is 16.2. The highest BCUT2D eigenvalue weighted by Crippen LogP contribution is 2.28. The van der Waals surface area contributed by atoms with Gasteiger partial charge in [-0.15, -0.1) is 0 Å². The molecule has 4 heterocycles. The Morgan fingerprint density at radius 2 is 1.89 bits per heavy atom. The molecule has 0 N–H and O–H groups in total. The molecule has 4 rings (SSSR count). The molecule has 0 aliphatic carbocycles. The van der Waals surface area contributed by atoms with E-state index >= 15 is 0 Å². The lowest BCUT2D eigenvalue weighted by Crippen LogP contribution is -2.38. The quantitative estimate of drug-likeness (QED) is 0.716. The monoisotopic (exact) mass is 361 g/mol. The van der Waals surface area contributed by atoms with E-state index in [1.807, 2.05) is 27.9 Å². The third-order valence-corrected chi connectivity index (χ3v) is 5.16. The van der Waals surface area contributed by atoms with Crippen LogP contribution in [0.25, 0.3) is 5.82 Å². The number of nitrogens with zero attached hydrogens (tertiary/aromatic N) is 5. The van der Waals surface area contributed by atoms with Gasteiger partial charge in [-0.25, -0.2) is 9.97 Å². The minimum absolute atomic E-state index is 0.0866. The molecule has 0 aromatic carbocycles. The number of rotatable bonds is 4. The summed E-state index contributed by atoms with van der Waals surface area (Å²) in [4.78, 5) is 27.8. The van der Waals surface area contributed by atoms with Crippen LogP contribution in [0, 0.1) is 0 Å². The van der Waals surface area contributed by atoms with Crippen molar-refractivity contribution in [2.75, 3.05) is 13.1 Å². The fourth-order valence-corrected chi connectivity index (χ4v) is 3.66. The average molecular weight is 361 g/mol. The van der Waals surface area contributed by atoms with Crippen molar-refractivity contribution in [1.29, 1.82) is 0 Å². The maximum Gasteiger partial charge on any atom is 0.253 e. The molecular weight excluding hydrogens is 338 g/mol. The molecule has 0 saturated carbocycles. The Kier molecular flexibility index (Phi) is 4.96. The van der Waals surface area contributed by atoms with Gasteiger partial charge in [-0.3, -0.25) is 14.3 Å². The molecule has 0 atom stereocenters. The Morgan fingerprint density at radius 3 is 2.63 bits per heavy atom. The first kappa shape index (κ1) is 17.4. The van der Waals surface area contributed by atoms with Gasteiger partial charge in [0.25, 0.3) is 5.91 Å². The van der Waals surface area contributed by atoms with Crippen LogP contribution in [0.15, 0.2) is 55.1 Å². The van der Waals surface area contributed by atoms with Gasteiger partial charge in [0.1, 0.15) is 11.6 Å². The predicted octanol–water partition coefficient (Wildman–Crippen LogP) is 3.24. The van der Waals surface area contributed by atoms with Crippen LogP contribution in [0.1, 0.15) is 47.6 Å². The van der Waals surface area contributed by atoms with Crippen molar-refractivity contribution >= 4 is 5.91 Å². The third kappa shape index (κ3) is 3.60. The van der Waals surface area contributed by atoms with Crippen LogP contribution in [0.3, 0.4) is 0 Å². The van der Waals surface area contributed by atoms with Gasteiger partial charge in [0.2, 0.25) is 0 Å². The molecule has 138 valence electrons. The van der Waals surface area contributed by atoms with E-state index in [4.69, 9.17) is 4.98 Å². The van der Waals surface area contributed by atoms with Gasteiger partial charge in [-0.2, -0.15) is 0 Å². The molecule has 0 radical (unpaired) electrons. The minimum Gasteiger partial charge on any atom is -0.339 e. The van der Waals surface area contributed by atoms with Crippen LogP contribution in [0.2, 0.25) is 0 Å². The van der Waals surface area contributed by atoms with Crippen molar-refractivity contribution in [3.05, 3.63) is 72.2 Å². The average Bonchev–Trinajstić information content (AvgIpc) is 3.23. The number of carbonyl (C=O) groups excluding carboxylic acids is 1. The Morgan fingerprint density at radius 1 is 1.11 bits per heavy atom. The number of hydrogen-bond acceptors (Lipinski definition) is 4. The number of piperidine rings is 1. The van der Waals surface area contributed by atoms with Crippen molar-refractivity contribution in [2.45, 2.75) is 32.1 Å². The lowest BCUT2D eigenvalue weighted by Gasteiger charge is -2.32. The van der Waals surface area contributed by atoms with E-state index in [0.29, 0.717) is 11.5 Å². The first-order valence-corrected chi connectivity index (χ1v) is 9.45.